The van der Waals surface area contributed by atoms with Crippen LogP contribution >= 0.6 is 0 Å². The van der Waals surface area contributed by atoms with Gasteiger partial charge in [-0.05, 0) is 26.7 Å². The van der Waals surface area contributed by atoms with Crippen LogP contribution in [0.3, 0.4) is 0 Å². The van der Waals surface area contributed by atoms with Crippen LogP contribution < -0.4 is 16.1 Å². The van der Waals surface area contributed by atoms with E-state index in [2.05, 4.69) is 23.8 Å². The third-order valence-corrected chi connectivity index (χ3v) is 4.79. The summed E-state index contributed by atoms with van der Waals surface area (Å²) in [6, 6.07) is -1.34. The molecule has 0 amide bonds. The molecule has 2 aromatic heterocycles. The molecule has 29 heavy (non-hydrogen) atoms. The summed E-state index contributed by atoms with van der Waals surface area (Å²) < 4.78 is 7.64. The van der Waals surface area contributed by atoms with Crippen LogP contribution in [0.1, 0.15) is 52.4 Å². The summed E-state index contributed by atoms with van der Waals surface area (Å²) in [6.45, 7) is 9.32. The van der Waals surface area contributed by atoms with Crippen LogP contribution in [-0.4, -0.2) is 50.6 Å². The number of esters is 1. The van der Waals surface area contributed by atoms with Crippen molar-refractivity contribution >= 4 is 22.9 Å². The first-order valence-corrected chi connectivity index (χ1v) is 9.97. The Bertz CT molecular complexity index is 997. The molecule has 2 N–H and O–H groups in total. The molecule has 0 unspecified atom stereocenters. The molecule has 2 rings (SSSR count). The van der Waals surface area contributed by atoms with Crippen LogP contribution in [-0.2, 0) is 27.9 Å². The monoisotopic (exact) mass is 408 g/mol. The molecule has 0 aliphatic rings. The fraction of sp³-hybridized carbons (Fsp3) is 0.632. The molecule has 2 aromatic rings. The van der Waals surface area contributed by atoms with E-state index < -0.39 is 29.0 Å². The zero-order chi connectivity index (χ0) is 21.7. The van der Waals surface area contributed by atoms with Gasteiger partial charge in [-0.15, -0.1) is 0 Å². The molecule has 0 fully saturated rings. The summed E-state index contributed by atoms with van der Waals surface area (Å²) in [5.41, 5.74) is -1.15. The number of Topliss-reactive ketones (excluding diaryl/α,β-unsaturated/α-hetero) is 1. The lowest BCUT2D eigenvalue weighted by Gasteiger charge is -2.21. The van der Waals surface area contributed by atoms with Gasteiger partial charge in [0.05, 0.1) is 19.7 Å². The van der Waals surface area contributed by atoms with Crippen molar-refractivity contribution in [1.29, 1.82) is 0 Å². The van der Waals surface area contributed by atoms with Crippen molar-refractivity contribution in [3.63, 3.8) is 0 Å². The number of aromatic amines is 1. The zero-order valence-electron chi connectivity index (χ0n) is 17.7. The molecular weight excluding hydrogens is 378 g/mol. The van der Waals surface area contributed by atoms with Gasteiger partial charge in [0.25, 0.3) is 5.56 Å². The molecule has 10 nitrogen and oxygen atoms in total. The van der Waals surface area contributed by atoms with Crippen LogP contribution in [0.25, 0.3) is 11.2 Å². The Morgan fingerprint density at radius 2 is 1.79 bits per heavy atom. The van der Waals surface area contributed by atoms with Crippen molar-refractivity contribution in [3.05, 3.63) is 26.7 Å². The average molecular weight is 408 g/mol. The van der Waals surface area contributed by atoms with E-state index in [1.165, 1.54) is 28.0 Å². The number of aryl methyl sites for hydroxylation is 1. The Morgan fingerprint density at radius 1 is 1.17 bits per heavy atom. The number of fused-ring (bicyclic) bond motifs is 1. The second kappa shape index (κ2) is 9.64. The second-order valence-electron chi connectivity index (χ2n) is 7.08. The van der Waals surface area contributed by atoms with Crippen LogP contribution in [0.2, 0.25) is 0 Å². The van der Waals surface area contributed by atoms with Crippen molar-refractivity contribution in [2.24, 2.45) is 7.05 Å². The smallest absolute Gasteiger partial charge is 0.336 e. The van der Waals surface area contributed by atoms with Gasteiger partial charge >= 0.3 is 11.7 Å². The topological polar surface area (TPSA) is 120 Å². The Kier molecular flexibility index (Phi) is 7.49. The van der Waals surface area contributed by atoms with Crippen molar-refractivity contribution < 1.29 is 19.2 Å². The van der Waals surface area contributed by atoms with E-state index in [0.29, 0.717) is 12.4 Å². The van der Waals surface area contributed by atoms with Crippen LogP contribution in [0.4, 0.5) is 0 Å². The van der Waals surface area contributed by atoms with Crippen molar-refractivity contribution in [1.82, 2.24) is 19.1 Å². The number of hydrogen-bond acceptors (Lipinski definition) is 6. The van der Waals surface area contributed by atoms with Crippen LogP contribution in [0, 0.1) is 0 Å². The minimum Gasteiger partial charge on any atom is -0.464 e. The quantitative estimate of drug-likeness (QED) is 0.397. The molecule has 0 radical (unpaired) electrons. The zero-order valence-corrected chi connectivity index (χ0v) is 17.7. The summed E-state index contributed by atoms with van der Waals surface area (Å²) >= 11 is 0. The highest BCUT2D eigenvalue weighted by atomic mass is 16.5. The minimum atomic E-state index is -1.34. The number of rotatable bonds is 10. The number of aromatic nitrogens is 4. The number of nitrogens with one attached hydrogen (secondary N) is 2. The van der Waals surface area contributed by atoms with Crippen LogP contribution in [0.5, 0.6) is 0 Å². The van der Waals surface area contributed by atoms with E-state index in [1.807, 2.05) is 0 Å². The summed E-state index contributed by atoms with van der Waals surface area (Å²) in [5.74, 6) is -0.817. The molecule has 0 spiro atoms. The Balaban J connectivity index is 2.79. The number of imidazole rings is 1. The number of H-pyrrole nitrogens is 1. The molecule has 10 heteroatoms. The maximum absolute atomic E-state index is 12.6. The van der Waals surface area contributed by atoms with Crippen LogP contribution in [0.15, 0.2) is 9.59 Å². The second-order valence-corrected chi connectivity index (χ2v) is 7.08. The number of hydrogen-bond donors (Lipinski definition) is 2. The fourth-order valence-electron chi connectivity index (χ4n) is 3.56. The molecule has 160 valence electrons. The lowest BCUT2D eigenvalue weighted by atomic mass is 10.2. The highest BCUT2D eigenvalue weighted by Crippen LogP contribution is 2.20. The van der Waals surface area contributed by atoms with Gasteiger partial charge in [0.2, 0.25) is 0 Å². The summed E-state index contributed by atoms with van der Waals surface area (Å²) in [4.78, 5) is 57.6. The highest BCUT2D eigenvalue weighted by molar-refractivity contribution is 6.01. The third-order valence-electron chi connectivity index (χ3n) is 4.79. The SMILES string of the molecule is CCC[NH+](CCC)Cc1nc2c(c(=O)[nH]c(=O)n2C)n1[C@H](C(C)=O)C(=O)OCC. The summed E-state index contributed by atoms with van der Waals surface area (Å²) in [6.07, 6.45) is 1.89. The van der Waals surface area contributed by atoms with E-state index in [0.717, 1.165) is 25.9 Å². The molecule has 0 aliphatic heterocycles. The maximum atomic E-state index is 12.6. The van der Waals surface area contributed by atoms with Gasteiger partial charge in [0.15, 0.2) is 28.8 Å². The number of ether oxygens (including phenoxy) is 1. The number of ketones is 1. The molecule has 2 heterocycles. The fourth-order valence-corrected chi connectivity index (χ4v) is 3.56. The minimum absolute atomic E-state index is 0.0164. The van der Waals surface area contributed by atoms with Crippen molar-refractivity contribution in [2.45, 2.75) is 53.1 Å². The van der Waals surface area contributed by atoms with Gasteiger partial charge in [0, 0.05) is 7.05 Å². The number of carbonyl (C=O) groups excluding carboxylic acids is 2. The molecule has 0 aliphatic carbocycles. The van der Waals surface area contributed by atoms with E-state index in [1.54, 1.807) is 6.92 Å². The first-order valence-electron chi connectivity index (χ1n) is 9.97. The molecule has 1 atom stereocenters. The number of carbonyl (C=O) groups is 2. The average Bonchev–Trinajstić information content (AvgIpc) is 3.00. The van der Waals surface area contributed by atoms with Gasteiger partial charge in [-0.3, -0.25) is 23.7 Å². The predicted octanol–water partition coefficient (Wildman–Crippen LogP) is -0.679. The standard InChI is InChI=1S/C19H29N5O5/c1-6-9-23(10-7-2)11-13-20-16-15(17(26)21-19(28)22(16)5)24(13)14(12(4)25)18(27)29-8-3/h14H,6-11H2,1-5H3,(H,21,26,28)/p+1/t14-/m1/s1. The molecule has 0 saturated carbocycles. The maximum Gasteiger partial charge on any atom is 0.336 e. The van der Waals surface area contributed by atoms with Crippen molar-refractivity contribution in [2.75, 3.05) is 19.7 Å². The molecule has 0 saturated heterocycles. The normalized spacial score (nSPS) is 12.5. The molecule has 0 bridgehead atoms. The summed E-state index contributed by atoms with van der Waals surface area (Å²) in [7, 11) is 1.48. The lowest BCUT2D eigenvalue weighted by molar-refractivity contribution is -0.914. The first-order chi connectivity index (χ1) is 13.8. The number of quaternary nitrogens is 1. The Hall–Kier alpha value is -2.75. The van der Waals surface area contributed by atoms with E-state index in [4.69, 9.17) is 4.74 Å². The van der Waals surface area contributed by atoms with Crippen molar-refractivity contribution in [3.8, 4) is 0 Å². The Morgan fingerprint density at radius 3 is 2.31 bits per heavy atom. The lowest BCUT2D eigenvalue weighted by Crippen LogP contribution is -3.10. The molecule has 0 aromatic carbocycles. The summed E-state index contributed by atoms with van der Waals surface area (Å²) in [5, 5.41) is 0. The third kappa shape index (κ3) is 4.64. The van der Waals surface area contributed by atoms with Gasteiger partial charge in [-0.1, -0.05) is 13.8 Å². The van der Waals surface area contributed by atoms with Gasteiger partial charge < -0.3 is 9.64 Å². The Labute approximate surface area is 168 Å². The number of nitrogens with zero attached hydrogens (tertiary/aromatic N) is 3. The van der Waals surface area contributed by atoms with Gasteiger partial charge in [0.1, 0.15) is 6.54 Å². The van der Waals surface area contributed by atoms with Gasteiger partial charge in [-0.2, -0.15) is 0 Å². The van der Waals surface area contributed by atoms with E-state index in [-0.39, 0.29) is 17.8 Å². The van der Waals surface area contributed by atoms with Gasteiger partial charge in [-0.25, -0.2) is 14.6 Å². The highest BCUT2D eigenvalue weighted by Gasteiger charge is 2.33. The molecular formula is C19H30N5O5+. The predicted molar refractivity (Wildman–Crippen MR) is 107 cm³/mol. The first kappa shape index (κ1) is 22.5. The largest absolute Gasteiger partial charge is 0.464 e. The van der Waals surface area contributed by atoms with E-state index >= 15 is 0 Å². The van der Waals surface area contributed by atoms with E-state index in [9.17, 15) is 19.2 Å².